The summed E-state index contributed by atoms with van der Waals surface area (Å²) in [5.74, 6) is -0.635. The number of rotatable bonds is 3. The summed E-state index contributed by atoms with van der Waals surface area (Å²) in [6, 6.07) is 3.33. The molecule has 1 heterocycles. The molecule has 6 heteroatoms. The van der Waals surface area contributed by atoms with Crippen LogP contribution in [0.4, 0.5) is 26.0 Å². The Balaban J connectivity index is 2.38. The summed E-state index contributed by atoms with van der Waals surface area (Å²) in [4.78, 5) is 0. The lowest BCUT2D eigenvalue weighted by Crippen LogP contribution is -2.03. The fourth-order valence-corrected chi connectivity index (χ4v) is 1.85. The lowest BCUT2D eigenvalue weighted by molar-refractivity contribution is 0.585. The predicted octanol–water partition coefficient (Wildman–Crippen LogP) is 3.15. The van der Waals surface area contributed by atoms with Crippen LogP contribution in [-0.2, 0) is 7.05 Å². The Morgan fingerprint density at radius 2 is 2.00 bits per heavy atom. The summed E-state index contributed by atoms with van der Waals surface area (Å²) < 4.78 is 28.0. The van der Waals surface area contributed by atoms with E-state index in [0.717, 1.165) is 11.8 Å². The van der Waals surface area contributed by atoms with Gasteiger partial charge in [-0.25, -0.2) is 8.78 Å². The topological polar surface area (TPSA) is 55.9 Å². The first-order chi connectivity index (χ1) is 8.90. The van der Waals surface area contributed by atoms with Crippen molar-refractivity contribution in [3.05, 3.63) is 35.5 Å². The zero-order valence-corrected chi connectivity index (χ0v) is 11.0. The van der Waals surface area contributed by atoms with Gasteiger partial charge in [0, 0.05) is 13.1 Å². The van der Waals surface area contributed by atoms with Gasteiger partial charge in [-0.1, -0.05) is 13.8 Å². The third-order valence-corrected chi connectivity index (χ3v) is 2.84. The molecular weight excluding hydrogens is 250 g/mol. The molecule has 0 unspecified atom stereocenters. The largest absolute Gasteiger partial charge is 0.394 e. The SMILES string of the molecule is CC(C)c1nn(C)c(Nc2ccc(F)cc2F)c1N. The molecule has 0 atom stereocenters. The van der Waals surface area contributed by atoms with Crippen LogP contribution in [0.1, 0.15) is 25.5 Å². The Morgan fingerprint density at radius 3 is 2.53 bits per heavy atom. The van der Waals surface area contributed by atoms with Crippen molar-refractivity contribution < 1.29 is 8.78 Å². The molecule has 0 fully saturated rings. The van der Waals surface area contributed by atoms with E-state index in [2.05, 4.69) is 10.4 Å². The molecule has 4 nitrogen and oxygen atoms in total. The Labute approximate surface area is 110 Å². The van der Waals surface area contributed by atoms with Crippen LogP contribution in [0.25, 0.3) is 0 Å². The van der Waals surface area contributed by atoms with Crippen molar-refractivity contribution in [1.82, 2.24) is 9.78 Å². The molecule has 0 spiro atoms. The van der Waals surface area contributed by atoms with Gasteiger partial charge in [0.15, 0.2) is 5.82 Å². The van der Waals surface area contributed by atoms with Crippen molar-refractivity contribution in [2.45, 2.75) is 19.8 Å². The average molecular weight is 266 g/mol. The van der Waals surface area contributed by atoms with Crippen LogP contribution in [0.2, 0.25) is 0 Å². The predicted molar refractivity (Wildman–Crippen MR) is 71.4 cm³/mol. The summed E-state index contributed by atoms with van der Waals surface area (Å²) in [5, 5.41) is 7.13. The van der Waals surface area contributed by atoms with E-state index in [0.29, 0.717) is 11.5 Å². The van der Waals surface area contributed by atoms with E-state index >= 15 is 0 Å². The minimum atomic E-state index is -0.674. The molecule has 0 radical (unpaired) electrons. The highest BCUT2D eigenvalue weighted by molar-refractivity contribution is 5.71. The smallest absolute Gasteiger partial charge is 0.152 e. The first-order valence-electron chi connectivity index (χ1n) is 5.94. The number of halogens is 2. The minimum Gasteiger partial charge on any atom is -0.394 e. The first-order valence-corrected chi connectivity index (χ1v) is 5.94. The van der Waals surface area contributed by atoms with E-state index in [4.69, 9.17) is 5.73 Å². The summed E-state index contributed by atoms with van der Waals surface area (Å²) in [7, 11) is 1.71. The fourth-order valence-electron chi connectivity index (χ4n) is 1.85. The minimum absolute atomic E-state index is 0.159. The van der Waals surface area contributed by atoms with Crippen LogP contribution in [0.3, 0.4) is 0 Å². The normalized spacial score (nSPS) is 11.1. The molecule has 0 aliphatic heterocycles. The van der Waals surface area contributed by atoms with Crippen molar-refractivity contribution in [2.24, 2.45) is 7.05 Å². The molecule has 19 heavy (non-hydrogen) atoms. The van der Waals surface area contributed by atoms with Gasteiger partial charge in [-0.15, -0.1) is 0 Å². The van der Waals surface area contributed by atoms with Crippen LogP contribution in [0.5, 0.6) is 0 Å². The summed E-state index contributed by atoms with van der Waals surface area (Å²) >= 11 is 0. The summed E-state index contributed by atoms with van der Waals surface area (Å²) in [5.41, 5.74) is 7.37. The van der Waals surface area contributed by atoms with Gasteiger partial charge in [-0.05, 0) is 18.1 Å². The summed E-state index contributed by atoms with van der Waals surface area (Å²) in [6.07, 6.45) is 0. The number of nitrogens with two attached hydrogens (primary N) is 1. The van der Waals surface area contributed by atoms with E-state index in [1.54, 1.807) is 11.7 Å². The second-order valence-corrected chi connectivity index (χ2v) is 4.67. The van der Waals surface area contributed by atoms with Gasteiger partial charge >= 0.3 is 0 Å². The monoisotopic (exact) mass is 266 g/mol. The molecule has 0 saturated heterocycles. The standard InChI is InChI=1S/C13H16F2N4/c1-7(2)12-11(16)13(19(3)18-12)17-10-5-4-8(14)6-9(10)15/h4-7,17H,16H2,1-3H3. The lowest BCUT2D eigenvalue weighted by Gasteiger charge is -2.09. The highest BCUT2D eigenvalue weighted by atomic mass is 19.1. The lowest BCUT2D eigenvalue weighted by atomic mass is 10.1. The Bertz CT molecular complexity index is 605. The summed E-state index contributed by atoms with van der Waals surface area (Å²) in [6.45, 7) is 3.95. The van der Waals surface area contributed by atoms with Gasteiger partial charge in [-0.2, -0.15) is 5.10 Å². The van der Waals surface area contributed by atoms with E-state index in [1.807, 2.05) is 13.8 Å². The van der Waals surface area contributed by atoms with Crippen molar-refractivity contribution in [1.29, 1.82) is 0 Å². The maximum absolute atomic E-state index is 13.6. The first kappa shape index (κ1) is 13.3. The number of anilines is 3. The molecule has 2 rings (SSSR count). The fraction of sp³-hybridized carbons (Fsp3) is 0.308. The molecule has 1 aromatic carbocycles. The number of benzene rings is 1. The molecular formula is C13H16F2N4. The Hall–Kier alpha value is -2.11. The maximum atomic E-state index is 13.6. The number of nitrogen functional groups attached to an aromatic ring is 1. The van der Waals surface area contributed by atoms with E-state index in [1.165, 1.54) is 12.1 Å². The van der Waals surface area contributed by atoms with Crippen LogP contribution < -0.4 is 11.1 Å². The highest BCUT2D eigenvalue weighted by Gasteiger charge is 2.17. The van der Waals surface area contributed by atoms with Crippen molar-refractivity contribution in [3.8, 4) is 0 Å². The van der Waals surface area contributed by atoms with E-state index < -0.39 is 11.6 Å². The maximum Gasteiger partial charge on any atom is 0.152 e. The van der Waals surface area contributed by atoms with Gasteiger partial charge in [0.2, 0.25) is 0 Å². The number of aromatic nitrogens is 2. The highest BCUT2D eigenvalue weighted by Crippen LogP contribution is 2.30. The van der Waals surface area contributed by atoms with Crippen LogP contribution in [0.15, 0.2) is 18.2 Å². The third-order valence-electron chi connectivity index (χ3n) is 2.84. The quantitative estimate of drug-likeness (QED) is 0.897. The number of aryl methyl sites for hydroxylation is 1. The van der Waals surface area contributed by atoms with Crippen molar-refractivity contribution in [3.63, 3.8) is 0 Å². The van der Waals surface area contributed by atoms with Crippen LogP contribution in [-0.4, -0.2) is 9.78 Å². The van der Waals surface area contributed by atoms with Crippen LogP contribution in [0, 0.1) is 11.6 Å². The molecule has 0 bridgehead atoms. The molecule has 0 saturated carbocycles. The van der Waals surface area contributed by atoms with Gasteiger partial charge in [-0.3, -0.25) is 4.68 Å². The zero-order valence-electron chi connectivity index (χ0n) is 11.0. The third kappa shape index (κ3) is 2.52. The van der Waals surface area contributed by atoms with Gasteiger partial charge in [0.05, 0.1) is 17.1 Å². The Morgan fingerprint density at radius 1 is 1.32 bits per heavy atom. The second-order valence-electron chi connectivity index (χ2n) is 4.67. The molecule has 0 amide bonds. The number of nitrogens with zero attached hydrogens (tertiary/aromatic N) is 2. The van der Waals surface area contributed by atoms with E-state index in [-0.39, 0.29) is 11.6 Å². The number of nitrogens with one attached hydrogen (secondary N) is 1. The average Bonchev–Trinajstić information content (AvgIpc) is 2.60. The molecule has 0 aliphatic carbocycles. The van der Waals surface area contributed by atoms with Gasteiger partial charge in [0.25, 0.3) is 0 Å². The molecule has 2 aromatic rings. The number of hydrogen-bond acceptors (Lipinski definition) is 3. The van der Waals surface area contributed by atoms with E-state index in [9.17, 15) is 8.78 Å². The molecule has 0 aliphatic rings. The number of hydrogen-bond donors (Lipinski definition) is 2. The van der Waals surface area contributed by atoms with Gasteiger partial charge in [0.1, 0.15) is 11.6 Å². The second kappa shape index (κ2) is 4.87. The zero-order chi connectivity index (χ0) is 14.2. The van der Waals surface area contributed by atoms with Crippen molar-refractivity contribution >= 4 is 17.2 Å². The molecule has 102 valence electrons. The van der Waals surface area contributed by atoms with Crippen LogP contribution >= 0.6 is 0 Å². The molecule has 3 N–H and O–H groups in total. The Kier molecular flexibility index (Phi) is 3.42. The van der Waals surface area contributed by atoms with Gasteiger partial charge < -0.3 is 11.1 Å². The van der Waals surface area contributed by atoms with Crippen molar-refractivity contribution in [2.75, 3.05) is 11.1 Å². The molecule has 1 aromatic heterocycles.